The number of ether oxygens (including phenoxy) is 2. The predicted molar refractivity (Wildman–Crippen MR) is 118 cm³/mol. The summed E-state index contributed by atoms with van der Waals surface area (Å²) in [5, 5.41) is 12.4. The number of anilines is 1. The highest BCUT2D eigenvalue weighted by Crippen LogP contribution is 2.29. The molecule has 0 fully saturated rings. The lowest BCUT2D eigenvalue weighted by Gasteiger charge is -2.15. The Balaban J connectivity index is 1.55. The zero-order valence-corrected chi connectivity index (χ0v) is 18.5. The van der Waals surface area contributed by atoms with Gasteiger partial charge in [0.05, 0.1) is 17.4 Å². The highest BCUT2D eigenvalue weighted by molar-refractivity contribution is 7.99. The molecule has 0 saturated heterocycles. The topological polar surface area (TPSA) is 78.3 Å². The fraction of sp³-hybridized carbons (Fsp3) is 0.286. The van der Waals surface area contributed by atoms with Gasteiger partial charge in [0.2, 0.25) is 5.91 Å². The molecule has 9 heteroatoms. The van der Waals surface area contributed by atoms with Crippen LogP contribution in [0, 0.1) is 0 Å². The Morgan fingerprint density at radius 2 is 1.93 bits per heavy atom. The number of para-hydroxylation sites is 1. The molecule has 0 aliphatic heterocycles. The number of nitrogens with one attached hydrogen (secondary N) is 1. The van der Waals surface area contributed by atoms with Crippen molar-refractivity contribution in [2.24, 2.45) is 7.05 Å². The maximum atomic E-state index is 12.3. The molecule has 1 aromatic heterocycles. The first-order chi connectivity index (χ1) is 14.5. The number of hydrogen-bond acceptors (Lipinski definition) is 6. The zero-order chi connectivity index (χ0) is 21.5. The molecule has 0 aliphatic rings. The largest absolute Gasteiger partial charge is 0.494 e. The number of nitrogens with zero attached hydrogens (tertiary/aromatic N) is 3. The Bertz CT molecular complexity index is 994. The van der Waals surface area contributed by atoms with Crippen LogP contribution < -0.4 is 14.8 Å². The number of rotatable bonds is 9. The minimum atomic E-state index is -0.352. The number of halogens is 1. The van der Waals surface area contributed by atoms with Crippen LogP contribution >= 0.6 is 23.4 Å². The molecule has 1 amide bonds. The lowest BCUT2D eigenvalue weighted by molar-refractivity contribution is -0.113. The molecule has 1 atom stereocenters. The monoisotopic (exact) mass is 446 g/mol. The van der Waals surface area contributed by atoms with Crippen LogP contribution in [0.25, 0.3) is 0 Å². The first kappa shape index (κ1) is 22.0. The summed E-state index contributed by atoms with van der Waals surface area (Å²) in [6.45, 7) is 4.40. The summed E-state index contributed by atoms with van der Waals surface area (Å²) in [6.07, 6.45) is -0.352. The fourth-order valence-electron chi connectivity index (χ4n) is 2.72. The molecule has 158 valence electrons. The number of carbonyl (C=O) groups excluding carboxylic acids is 1. The fourth-order valence-corrected chi connectivity index (χ4v) is 3.62. The minimum Gasteiger partial charge on any atom is -0.494 e. The van der Waals surface area contributed by atoms with Crippen molar-refractivity contribution in [3.8, 4) is 11.5 Å². The van der Waals surface area contributed by atoms with Crippen LogP contribution in [0.1, 0.15) is 25.8 Å². The van der Waals surface area contributed by atoms with Crippen LogP contribution in [0.2, 0.25) is 5.02 Å². The van der Waals surface area contributed by atoms with E-state index in [1.165, 1.54) is 11.8 Å². The summed E-state index contributed by atoms with van der Waals surface area (Å²) in [7, 11) is 1.84. The van der Waals surface area contributed by atoms with Crippen molar-refractivity contribution >= 4 is 35.0 Å². The van der Waals surface area contributed by atoms with E-state index >= 15 is 0 Å². The molecular formula is C21H23ClN4O3S. The van der Waals surface area contributed by atoms with E-state index in [0.717, 1.165) is 5.75 Å². The summed E-state index contributed by atoms with van der Waals surface area (Å²) < 4.78 is 13.1. The van der Waals surface area contributed by atoms with Crippen molar-refractivity contribution in [3.05, 3.63) is 59.4 Å². The maximum absolute atomic E-state index is 12.3. The van der Waals surface area contributed by atoms with E-state index in [4.69, 9.17) is 21.1 Å². The molecule has 0 aliphatic carbocycles. The first-order valence-electron chi connectivity index (χ1n) is 9.44. The van der Waals surface area contributed by atoms with Crippen LogP contribution in [0.15, 0.2) is 53.7 Å². The van der Waals surface area contributed by atoms with Gasteiger partial charge in [0.1, 0.15) is 11.5 Å². The highest BCUT2D eigenvalue weighted by Gasteiger charge is 2.19. The highest BCUT2D eigenvalue weighted by atomic mass is 35.5. The van der Waals surface area contributed by atoms with Crippen LogP contribution in [-0.4, -0.2) is 33.0 Å². The first-order valence-corrected chi connectivity index (χ1v) is 10.8. The second-order valence-corrected chi connectivity index (χ2v) is 7.73. The third-order valence-electron chi connectivity index (χ3n) is 4.15. The smallest absolute Gasteiger partial charge is 0.234 e. The molecule has 0 saturated carbocycles. The van der Waals surface area contributed by atoms with E-state index in [0.29, 0.717) is 34.0 Å². The van der Waals surface area contributed by atoms with Crippen molar-refractivity contribution in [1.29, 1.82) is 0 Å². The Labute approximate surface area is 184 Å². The van der Waals surface area contributed by atoms with Gasteiger partial charge in [0.25, 0.3) is 0 Å². The Kier molecular flexibility index (Phi) is 7.59. The van der Waals surface area contributed by atoms with Crippen LogP contribution in [0.4, 0.5) is 5.69 Å². The van der Waals surface area contributed by atoms with Gasteiger partial charge in [-0.25, -0.2) is 0 Å². The second-order valence-electron chi connectivity index (χ2n) is 6.38. The Hall–Kier alpha value is -2.71. The molecular weight excluding hydrogens is 424 g/mol. The normalized spacial score (nSPS) is 11.7. The maximum Gasteiger partial charge on any atom is 0.234 e. The van der Waals surface area contributed by atoms with Gasteiger partial charge in [0, 0.05) is 12.7 Å². The number of amides is 1. The van der Waals surface area contributed by atoms with E-state index in [-0.39, 0.29) is 17.8 Å². The van der Waals surface area contributed by atoms with Crippen molar-refractivity contribution in [3.63, 3.8) is 0 Å². The molecule has 0 bridgehead atoms. The Morgan fingerprint density at radius 3 is 2.63 bits per heavy atom. The van der Waals surface area contributed by atoms with E-state index in [9.17, 15) is 4.79 Å². The molecule has 1 N–H and O–H groups in total. The number of benzene rings is 2. The second kappa shape index (κ2) is 10.4. The lowest BCUT2D eigenvalue weighted by Crippen LogP contribution is -2.15. The molecule has 0 spiro atoms. The lowest BCUT2D eigenvalue weighted by atomic mass is 10.3. The van der Waals surface area contributed by atoms with Crippen molar-refractivity contribution in [2.75, 3.05) is 17.7 Å². The van der Waals surface area contributed by atoms with E-state index in [1.54, 1.807) is 12.1 Å². The van der Waals surface area contributed by atoms with E-state index < -0.39 is 0 Å². The van der Waals surface area contributed by atoms with Crippen molar-refractivity contribution < 1.29 is 14.3 Å². The molecule has 3 rings (SSSR count). The van der Waals surface area contributed by atoms with Gasteiger partial charge < -0.3 is 19.4 Å². The Morgan fingerprint density at radius 1 is 1.20 bits per heavy atom. The summed E-state index contributed by atoms with van der Waals surface area (Å²) >= 11 is 7.46. The third kappa shape index (κ3) is 5.67. The van der Waals surface area contributed by atoms with Gasteiger partial charge in [-0.2, -0.15) is 0 Å². The number of aromatic nitrogens is 3. The van der Waals surface area contributed by atoms with Gasteiger partial charge in [-0.15, -0.1) is 10.2 Å². The van der Waals surface area contributed by atoms with Gasteiger partial charge >= 0.3 is 0 Å². The molecule has 0 radical (unpaired) electrons. The predicted octanol–water partition coefficient (Wildman–Crippen LogP) is 4.74. The van der Waals surface area contributed by atoms with E-state index in [2.05, 4.69) is 15.5 Å². The quantitative estimate of drug-likeness (QED) is 0.478. The number of thioether (sulfide) groups is 1. The number of carbonyl (C=O) groups is 1. The summed E-state index contributed by atoms with van der Waals surface area (Å²) in [6, 6.07) is 14.5. The van der Waals surface area contributed by atoms with Gasteiger partial charge in [-0.3, -0.25) is 4.79 Å². The molecule has 0 unspecified atom stereocenters. The summed E-state index contributed by atoms with van der Waals surface area (Å²) in [5.74, 6) is 2.07. The minimum absolute atomic E-state index is 0.130. The van der Waals surface area contributed by atoms with E-state index in [1.807, 2.05) is 61.9 Å². The van der Waals surface area contributed by atoms with Crippen molar-refractivity contribution in [1.82, 2.24) is 14.8 Å². The summed E-state index contributed by atoms with van der Waals surface area (Å²) in [5.41, 5.74) is 0.712. The van der Waals surface area contributed by atoms with Crippen LogP contribution in [0.5, 0.6) is 11.5 Å². The van der Waals surface area contributed by atoms with Crippen LogP contribution in [0.3, 0.4) is 0 Å². The average molecular weight is 447 g/mol. The molecule has 30 heavy (non-hydrogen) atoms. The SMILES string of the molecule is CCOc1ccc(NC(=O)CSc2nnc([C@@H](C)Oc3ccccc3Cl)n2C)cc1. The zero-order valence-electron chi connectivity index (χ0n) is 17.0. The molecule has 1 heterocycles. The van der Waals surface area contributed by atoms with Gasteiger partial charge in [0.15, 0.2) is 17.1 Å². The molecule has 2 aromatic carbocycles. The average Bonchev–Trinajstić information content (AvgIpc) is 3.10. The third-order valence-corrected chi connectivity index (χ3v) is 5.49. The molecule has 7 nitrogen and oxygen atoms in total. The van der Waals surface area contributed by atoms with Gasteiger partial charge in [-0.05, 0) is 50.2 Å². The van der Waals surface area contributed by atoms with Crippen LogP contribution in [-0.2, 0) is 11.8 Å². The number of hydrogen-bond donors (Lipinski definition) is 1. The molecule has 3 aromatic rings. The summed E-state index contributed by atoms with van der Waals surface area (Å²) in [4.78, 5) is 12.3. The standard InChI is InChI=1S/C21H23ClN4O3S/c1-4-28-16-11-9-15(10-12-16)23-19(27)13-30-21-25-24-20(26(21)3)14(2)29-18-8-6-5-7-17(18)22/h5-12,14H,4,13H2,1-3H3,(H,23,27)/t14-/m1/s1. The van der Waals surface area contributed by atoms with Crippen molar-refractivity contribution in [2.45, 2.75) is 25.1 Å². The van der Waals surface area contributed by atoms with Gasteiger partial charge in [-0.1, -0.05) is 35.5 Å².